The van der Waals surface area contributed by atoms with Gasteiger partial charge in [-0.25, -0.2) is 4.39 Å². The third-order valence-electron chi connectivity index (χ3n) is 2.13. The monoisotopic (exact) mass is 217 g/mol. The molecule has 0 spiro atoms. The Morgan fingerprint density at radius 1 is 1.25 bits per heavy atom. The number of aromatic nitrogens is 1. The summed E-state index contributed by atoms with van der Waals surface area (Å²) in [6.07, 6.45) is 1.70. The van der Waals surface area contributed by atoms with Gasteiger partial charge in [0, 0.05) is 12.3 Å². The van der Waals surface area contributed by atoms with Crippen LogP contribution in [0.4, 0.5) is 4.39 Å². The molecule has 2 nitrogen and oxygen atoms in total. The van der Waals surface area contributed by atoms with Gasteiger partial charge in [-0.3, -0.25) is 4.98 Å². The van der Waals surface area contributed by atoms with Crippen molar-refractivity contribution in [1.82, 2.24) is 4.98 Å². The molecule has 0 saturated carbocycles. The number of halogens is 1. The lowest BCUT2D eigenvalue weighted by molar-refractivity contribution is 0.299. The summed E-state index contributed by atoms with van der Waals surface area (Å²) in [5.74, 6) is 0.249. The maximum Gasteiger partial charge on any atom is 0.130 e. The molecule has 0 fully saturated rings. The van der Waals surface area contributed by atoms with Crippen molar-refractivity contribution in [2.75, 3.05) is 0 Å². The molecule has 0 atom stereocenters. The van der Waals surface area contributed by atoms with E-state index in [1.165, 1.54) is 12.1 Å². The van der Waals surface area contributed by atoms with Gasteiger partial charge in [0.2, 0.25) is 0 Å². The molecule has 0 aliphatic rings. The van der Waals surface area contributed by atoms with Crippen LogP contribution in [0.25, 0.3) is 0 Å². The largest absolute Gasteiger partial charge is 0.487 e. The molecule has 0 unspecified atom stereocenters. The molecule has 0 aliphatic carbocycles. The predicted octanol–water partition coefficient (Wildman–Crippen LogP) is 3.11. The van der Waals surface area contributed by atoms with E-state index >= 15 is 0 Å². The molecule has 0 N–H and O–H groups in total. The summed E-state index contributed by atoms with van der Waals surface area (Å²) in [5, 5.41) is 0. The molecular weight excluding hydrogens is 205 g/mol. The fourth-order valence-corrected chi connectivity index (χ4v) is 1.43. The summed E-state index contributed by atoms with van der Waals surface area (Å²) in [6.45, 7) is 2.18. The van der Waals surface area contributed by atoms with Gasteiger partial charge in [0.1, 0.15) is 18.2 Å². The summed E-state index contributed by atoms with van der Waals surface area (Å²) in [6, 6.07) is 10.2. The molecule has 0 bridgehead atoms. The minimum atomic E-state index is -0.281. The molecule has 1 aromatic heterocycles. The van der Waals surface area contributed by atoms with Gasteiger partial charge in [0.25, 0.3) is 0 Å². The highest BCUT2D eigenvalue weighted by molar-refractivity contribution is 5.28. The normalized spacial score (nSPS) is 10.1. The fourth-order valence-electron chi connectivity index (χ4n) is 1.43. The van der Waals surface area contributed by atoms with Gasteiger partial charge in [-0.15, -0.1) is 0 Å². The molecule has 2 aromatic rings. The Kier molecular flexibility index (Phi) is 3.15. The van der Waals surface area contributed by atoms with E-state index in [1.54, 1.807) is 12.3 Å². The lowest BCUT2D eigenvalue weighted by atomic mass is 10.2. The van der Waals surface area contributed by atoms with Crippen LogP contribution < -0.4 is 4.74 Å². The van der Waals surface area contributed by atoms with Crippen molar-refractivity contribution >= 4 is 0 Å². The van der Waals surface area contributed by atoms with Crippen LogP contribution >= 0.6 is 0 Å². The summed E-state index contributed by atoms with van der Waals surface area (Å²) < 4.78 is 18.5. The molecule has 0 radical (unpaired) electrons. The number of nitrogens with zero attached hydrogens (tertiary/aromatic N) is 1. The number of rotatable bonds is 3. The molecular formula is C13H12FNO. The third-order valence-corrected chi connectivity index (χ3v) is 2.13. The zero-order valence-corrected chi connectivity index (χ0v) is 8.98. The maximum absolute atomic E-state index is 13.1. The van der Waals surface area contributed by atoms with Gasteiger partial charge in [0.15, 0.2) is 0 Å². The molecule has 1 aromatic carbocycles. The zero-order chi connectivity index (χ0) is 11.4. The quantitative estimate of drug-likeness (QED) is 0.788. The van der Waals surface area contributed by atoms with Crippen molar-refractivity contribution < 1.29 is 9.13 Å². The Morgan fingerprint density at radius 2 is 2.12 bits per heavy atom. The van der Waals surface area contributed by atoms with Crippen molar-refractivity contribution in [3.05, 3.63) is 59.7 Å². The first-order valence-corrected chi connectivity index (χ1v) is 5.04. The molecule has 0 saturated heterocycles. The standard InChI is InChI=1S/C13H12FNO/c1-10-6-11(14)8-13(7-10)16-9-12-4-2-3-5-15-12/h2-8H,9H2,1H3. The summed E-state index contributed by atoms with van der Waals surface area (Å²) >= 11 is 0. The van der Waals surface area contributed by atoms with E-state index in [2.05, 4.69) is 4.98 Å². The summed E-state index contributed by atoms with van der Waals surface area (Å²) in [4.78, 5) is 4.12. The SMILES string of the molecule is Cc1cc(F)cc(OCc2ccccn2)c1. The minimum Gasteiger partial charge on any atom is -0.487 e. The fraction of sp³-hybridized carbons (Fsp3) is 0.154. The van der Waals surface area contributed by atoms with Crippen molar-refractivity contribution in [3.63, 3.8) is 0 Å². The second-order valence-corrected chi connectivity index (χ2v) is 3.57. The Morgan fingerprint density at radius 3 is 2.81 bits per heavy atom. The van der Waals surface area contributed by atoms with Crippen LogP contribution in [-0.2, 0) is 6.61 Å². The molecule has 0 amide bonds. The summed E-state index contributed by atoms with van der Waals surface area (Å²) in [7, 11) is 0. The van der Waals surface area contributed by atoms with Gasteiger partial charge >= 0.3 is 0 Å². The Bertz CT molecular complexity index is 450. The lowest BCUT2D eigenvalue weighted by Crippen LogP contribution is -1.98. The van der Waals surface area contributed by atoms with Gasteiger partial charge in [-0.05, 0) is 36.8 Å². The minimum absolute atomic E-state index is 0.281. The maximum atomic E-state index is 13.1. The van der Waals surface area contributed by atoms with Crippen LogP contribution in [0.3, 0.4) is 0 Å². The van der Waals surface area contributed by atoms with Crippen molar-refractivity contribution in [3.8, 4) is 5.75 Å². The average Bonchev–Trinajstić information content (AvgIpc) is 2.27. The second kappa shape index (κ2) is 4.75. The zero-order valence-electron chi connectivity index (χ0n) is 8.98. The van der Waals surface area contributed by atoms with Gasteiger partial charge in [-0.2, -0.15) is 0 Å². The van der Waals surface area contributed by atoms with E-state index in [0.717, 1.165) is 11.3 Å². The predicted molar refractivity (Wildman–Crippen MR) is 59.7 cm³/mol. The van der Waals surface area contributed by atoms with E-state index in [1.807, 2.05) is 25.1 Å². The van der Waals surface area contributed by atoms with Crippen LogP contribution in [0.5, 0.6) is 5.75 Å². The number of hydrogen-bond donors (Lipinski definition) is 0. The first-order valence-electron chi connectivity index (χ1n) is 5.04. The van der Waals surface area contributed by atoms with Crippen LogP contribution in [-0.4, -0.2) is 4.98 Å². The molecule has 3 heteroatoms. The van der Waals surface area contributed by atoms with E-state index in [-0.39, 0.29) is 5.82 Å². The molecule has 1 heterocycles. The van der Waals surface area contributed by atoms with E-state index in [9.17, 15) is 4.39 Å². The van der Waals surface area contributed by atoms with Crippen molar-refractivity contribution in [1.29, 1.82) is 0 Å². The first kappa shape index (κ1) is 10.6. The van der Waals surface area contributed by atoms with Gasteiger partial charge in [0.05, 0.1) is 5.69 Å². The molecule has 16 heavy (non-hydrogen) atoms. The number of hydrogen-bond acceptors (Lipinski definition) is 2. The molecule has 82 valence electrons. The molecule has 0 aliphatic heterocycles. The molecule has 2 rings (SSSR count). The van der Waals surface area contributed by atoms with Crippen molar-refractivity contribution in [2.24, 2.45) is 0 Å². The average molecular weight is 217 g/mol. The number of pyridine rings is 1. The highest BCUT2D eigenvalue weighted by Crippen LogP contribution is 2.16. The highest BCUT2D eigenvalue weighted by atomic mass is 19.1. The van der Waals surface area contributed by atoms with E-state index < -0.39 is 0 Å². The highest BCUT2D eigenvalue weighted by Gasteiger charge is 2.00. The number of aryl methyl sites for hydroxylation is 1. The smallest absolute Gasteiger partial charge is 0.130 e. The van der Waals surface area contributed by atoms with Crippen LogP contribution in [0, 0.1) is 12.7 Å². The van der Waals surface area contributed by atoms with Crippen molar-refractivity contribution in [2.45, 2.75) is 13.5 Å². The van der Waals surface area contributed by atoms with Crippen LogP contribution in [0.15, 0.2) is 42.6 Å². The Labute approximate surface area is 93.7 Å². The van der Waals surface area contributed by atoms with E-state index in [0.29, 0.717) is 12.4 Å². The second-order valence-electron chi connectivity index (χ2n) is 3.57. The first-order chi connectivity index (χ1) is 7.74. The summed E-state index contributed by atoms with van der Waals surface area (Å²) in [5.41, 5.74) is 1.67. The Balaban J connectivity index is 2.05. The number of ether oxygens (including phenoxy) is 1. The van der Waals surface area contributed by atoms with Gasteiger partial charge < -0.3 is 4.74 Å². The van der Waals surface area contributed by atoms with Crippen LogP contribution in [0.1, 0.15) is 11.3 Å². The third kappa shape index (κ3) is 2.79. The topological polar surface area (TPSA) is 22.1 Å². The van der Waals surface area contributed by atoms with E-state index in [4.69, 9.17) is 4.74 Å². The Hall–Kier alpha value is -1.90. The number of benzene rings is 1. The van der Waals surface area contributed by atoms with Crippen LogP contribution in [0.2, 0.25) is 0 Å². The lowest BCUT2D eigenvalue weighted by Gasteiger charge is -2.06. The van der Waals surface area contributed by atoms with Gasteiger partial charge in [-0.1, -0.05) is 6.07 Å².